The molecule has 1 aromatic heterocycles. The van der Waals surface area contributed by atoms with E-state index in [0.717, 1.165) is 30.5 Å². The maximum absolute atomic E-state index is 12.5. The van der Waals surface area contributed by atoms with Crippen LogP contribution in [0.4, 0.5) is 5.69 Å². The number of nitrogens with zero attached hydrogens (tertiary/aromatic N) is 1. The highest BCUT2D eigenvalue weighted by atomic mass is 16.2. The number of aromatic amines is 1. The van der Waals surface area contributed by atoms with Gasteiger partial charge in [0, 0.05) is 35.2 Å². The summed E-state index contributed by atoms with van der Waals surface area (Å²) in [5.74, 6) is 0.513. The molecule has 0 aliphatic carbocycles. The molecule has 0 spiro atoms. The van der Waals surface area contributed by atoms with Gasteiger partial charge in [0.25, 0.3) is 0 Å². The summed E-state index contributed by atoms with van der Waals surface area (Å²) >= 11 is 0. The number of carbonyl (C=O) groups excluding carboxylic acids is 1. The van der Waals surface area contributed by atoms with Gasteiger partial charge in [-0.1, -0.05) is 50.2 Å². The van der Waals surface area contributed by atoms with E-state index in [9.17, 15) is 4.79 Å². The van der Waals surface area contributed by atoms with Crippen LogP contribution in [0.15, 0.2) is 65.8 Å². The first-order valence-electron chi connectivity index (χ1n) is 9.93. The lowest BCUT2D eigenvalue weighted by Gasteiger charge is -2.16. The summed E-state index contributed by atoms with van der Waals surface area (Å²) in [7, 11) is 0. The summed E-state index contributed by atoms with van der Waals surface area (Å²) in [6.07, 6.45) is 4.46. The number of aliphatic imine (C=N–C) groups is 1. The van der Waals surface area contributed by atoms with E-state index in [2.05, 4.69) is 32.7 Å². The van der Waals surface area contributed by atoms with Crippen molar-refractivity contribution < 1.29 is 4.79 Å². The minimum absolute atomic E-state index is 0.00334. The Bertz CT molecular complexity index is 926. The Morgan fingerprint density at radius 2 is 1.75 bits per heavy atom. The van der Waals surface area contributed by atoms with Gasteiger partial charge in [-0.15, -0.1) is 0 Å². The summed E-state index contributed by atoms with van der Waals surface area (Å²) in [4.78, 5) is 20.5. The summed E-state index contributed by atoms with van der Waals surface area (Å²) in [5, 5.41) is 7.44. The van der Waals surface area contributed by atoms with Gasteiger partial charge in [0.2, 0.25) is 11.9 Å². The molecule has 0 radical (unpaired) electrons. The summed E-state index contributed by atoms with van der Waals surface area (Å²) < 4.78 is 0. The molecule has 0 aliphatic rings. The molecule has 146 valence electrons. The van der Waals surface area contributed by atoms with Crippen LogP contribution in [0.1, 0.15) is 32.3 Å². The van der Waals surface area contributed by atoms with Crippen LogP contribution in [0.25, 0.3) is 10.9 Å². The van der Waals surface area contributed by atoms with Crippen LogP contribution in [0.5, 0.6) is 0 Å². The molecule has 3 rings (SSSR count). The maximum atomic E-state index is 12.5. The first kappa shape index (κ1) is 19.7. The summed E-state index contributed by atoms with van der Waals surface area (Å²) in [6.45, 7) is 4.65. The Hall–Kier alpha value is -3.08. The highest BCUT2D eigenvalue weighted by Gasteiger charge is 2.16. The minimum Gasteiger partial charge on any atom is -0.361 e. The second-order valence-corrected chi connectivity index (χ2v) is 6.83. The SMILES string of the molecule is CCC(CC)C(=O)NC(=NCCc1c[nH]c2ccccc12)Nc1ccccc1. The number of H-pyrrole nitrogens is 1. The molecule has 5 heteroatoms. The van der Waals surface area contributed by atoms with Crippen molar-refractivity contribution in [2.75, 3.05) is 11.9 Å². The van der Waals surface area contributed by atoms with Gasteiger partial charge < -0.3 is 10.3 Å². The van der Waals surface area contributed by atoms with E-state index in [1.807, 2.05) is 62.5 Å². The molecule has 0 saturated carbocycles. The van der Waals surface area contributed by atoms with Crippen LogP contribution in [-0.4, -0.2) is 23.4 Å². The second-order valence-electron chi connectivity index (χ2n) is 6.83. The Morgan fingerprint density at radius 1 is 1.04 bits per heavy atom. The molecule has 0 aliphatic heterocycles. The average molecular weight is 377 g/mol. The van der Waals surface area contributed by atoms with E-state index >= 15 is 0 Å². The van der Waals surface area contributed by atoms with Crippen molar-refractivity contribution >= 4 is 28.5 Å². The van der Waals surface area contributed by atoms with Gasteiger partial charge in [-0.2, -0.15) is 0 Å². The van der Waals surface area contributed by atoms with Crippen molar-refractivity contribution in [1.29, 1.82) is 0 Å². The summed E-state index contributed by atoms with van der Waals surface area (Å²) in [5.41, 5.74) is 3.26. The van der Waals surface area contributed by atoms with E-state index in [1.54, 1.807) is 0 Å². The smallest absolute Gasteiger partial charge is 0.229 e. The molecule has 0 fully saturated rings. The molecule has 0 bridgehead atoms. The minimum atomic E-state index is -0.00334. The van der Waals surface area contributed by atoms with Crippen LogP contribution in [-0.2, 0) is 11.2 Å². The normalized spacial score (nSPS) is 11.8. The van der Waals surface area contributed by atoms with Gasteiger partial charge in [-0.3, -0.25) is 15.1 Å². The third-order valence-corrected chi connectivity index (χ3v) is 4.96. The number of fused-ring (bicyclic) bond motifs is 1. The lowest BCUT2D eigenvalue weighted by atomic mass is 10.0. The fraction of sp³-hybridized carbons (Fsp3) is 0.304. The zero-order chi connectivity index (χ0) is 19.8. The second kappa shape index (κ2) is 9.74. The first-order valence-corrected chi connectivity index (χ1v) is 9.93. The quantitative estimate of drug-likeness (QED) is 0.412. The van der Waals surface area contributed by atoms with Gasteiger partial charge in [-0.05, 0) is 43.0 Å². The highest BCUT2D eigenvalue weighted by molar-refractivity contribution is 6.04. The van der Waals surface area contributed by atoms with Crippen LogP contribution in [0.2, 0.25) is 0 Å². The van der Waals surface area contributed by atoms with E-state index in [-0.39, 0.29) is 11.8 Å². The number of amides is 1. The van der Waals surface area contributed by atoms with Crippen molar-refractivity contribution in [3.63, 3.8) is 0 Å². The Balaban J connectivity index is 1.72. The predicted molar refractivity (Wildman–Crippen MR) is 117 cm³/mol. The molecule has 1 amide bonds. The number of rotatable bonds is 7. The number of para-hydroxylation sites is 2. The van der Waals surface area contributed by atoms with Crippen molar-refractivity contribution in [2.45, 2.75) is 33.1 Å². The first-order chi connectivity index (χ1) is 13.7. The number of nitrogens with one attached hydrogen (secondary N) is 3. The third-order valence-electron chi connectivity index (χ3n) is 4.96. The lowest BCUT2D eigenvalue weighted by Crippen LogP contribution is -2.39. The highest BCUT2D eigenvalue weighted by Crippen LogP contribution is 2.18. The van der Waals surface area contributed by atoms with Crippen LogP contribution in [0, 0.1) is 5.92 Å². The molecule has 28 heavy (non-hydrogen) atoms. The number of anilines is 1. The molecular weight excluding hydrogens is 348 g/mol. The number of carbonyl (C=O) groups is 1. The fourth-order valence-electron chi connectivity index (χ4n) is 3.27. The van der Waals surface area contributed by atoms with Crippen LogP contribution >= 0.6 is 0 Å². The van der Waals surface area contributed by atoms with Gasteiger partial charge in [0.15, 0.2) is 0 Å². The van der Waals surface area contributed by atoms with E-state index < -0.39 is 0 Å². The number of benzene rings is 2. The molecule has 3 N–H and O–H groups in total. The van der Waals surface area contributed by atoms with Crippen molar-refractivity contribution in [1.82, 2.24) is 10.3 Å². The monoisotopic (exact) mass is 376 g/mol. The van der Waals surface area contributed by atoms with E-state index in [4.69, 9.17) is 0 Å². The fourth-order valence-corrected chi connectivity index (χ4v) is 3.27. The Kier molecular flexibility index (Phi) is 6.84. The van der Waals surface area contributed by atoms with Crippen molar-refractivity contribution in [2.24, 2.45) is 10.9 Å². The zero-order valence-corrected chi connectivity index (χ0v) is 16.5. The molecule has 2 aromatic carbocycles. The Labute approximate surface area is 166 Å². The topological polar surface area (TPSA) is 69.3 Å². The molecule has 0 saturated heterocycles. The largest absolute Gasteiger partial charge is 0.361 e. The molecule has 1 heterocycles. The molecule has 5 nitrogen and oxygen atoms in total. The van der Waals surface area contributed by atoms with Crippen molar-refractivity contribution in [3.8, 4) is 0 Å². The van der Waals surface area contributed by atoms with Crippen molar-refractivity contribution in [3.05, 3.63) is 66.4 Å². The molecule has 0 atom stereocenters. The maximum Gasteiger partial charge on any atom is 0.229 e. The van der Waals surface area contributed by atoms with Gasteiger partial charge in [0.1, 0.15) is 0 Å². The lowest BCUT2D eigenvalue weighted by molar-refractivity contribution is -0.123. The van der Waals surface area contributed by atoms with E-state index in [0.29, 0.717) is 12.5 Å². The number of guanidine groups is 1. The number of hydrogen-bond donors (Lipinski definition) is 3. The zero-order valence-electron chi connectivity index (χ0n) is 16.5. The van der Waals surface area contributed by atoms with E-state index in [1.165, 1.54) is 10.9 Å². The molecular formula is C23H28N4O. The molecule has 0 unspecified atom stereocenters. The number of aromatic nitrogens is 1. The van der Waals surface area contributed by atoms with Crippen LogP contribution in [0.3, 0.4) is 0 Å². The number of hydrogen-bond acceptors (Lipinski definition) is 2. The third kappa shape index (κ3) is 5.00. The molecule has 3 aromatic rings. The van der Waals surface area contributed by atoms with Crippen LogP contribution < -0.4 is 10.6 Å². The van der Waals surface area contributed by atoms with Gasteiger partial charge in [-0.25, -0.2) is 0 Å². The Morgan fingerprint density at radius 3 is 2.50 bits per heavy atom. The predicted octanol–water partition coefficient (Wildman–Crippen LogP) is 4.73. The summed E-state index contributed by atoms with van der Waals surface area (Å²) in [6, 6.07) is 18.0. The van der Waals surface area contributed by atoms with Gasteiger partial charge in [0.05, 0.1) is 0 Å². The standard InChI is InChI=1S/C23H28N4O/c1-3-17(4-2)22(28)27-23(26-19-10-6-5-7-11-19)24-15-14-18-16-25-21-13-9-8-12-20(18)21/h5-13,16-17,25H,3-4,14-15H2,1-2H3,(H2,24,26,27,28). The average Bonchev–Trinajstić information content (AvgIpc) is 3.13. The van der Waals surface area contributed by atoms with Gasteiger partial charge >= 0.3 is 0 Å².